The fraction of sp³-hybridized carbons (Fsp3) is 0.588. The minimum Gasteiger partial charge on any atom is -0.197 e. The molecule has 0 N–H and O–H groups in total. The van der Waals surface area contributed by atoms with Gasteiger partial charge in [0.1, 0.15) is 0 Å². The van der Waals surface area contributed by atoms with Crippen LogP contribution in [0.25, 0.3) is 0 Å². The minimum atomic E-state index is -0.192. The van der Waals surface area contributed by atoms with Crippen LogP contribution in [0.3, 0.4) is 0 Å². The second-order valence-corrected chi connectivity index (χ2v) is 5.52. The van der Waals surface area contributed by atoms with Gasteiger partial charge >= 0.3 is 0 Å². The Hall–Kier alpha value is -1.29. The third-order valence-electron chi connectivity index (χ3n) is 4.25. The van der Waals surface area contributed by atoms with E-state index in [4.69, 9.17) is 0 Å². The molecule has 2 rings (SSSR count). The number of unbranched alkanes of at least 4 members (excludes halogenated alkanes) is 3. The number of fused-ring (bicyclic) bond motifs is 1. The van der Waals surface area contributed by atoms with Gasteiger partial charge in [0.2, 0.25) is 0 Å². The molecule has 0 heterocycles. The van der Waals surface area contributed by atoms with Crippen molar-refractivity contribution in [1.82, 2.24) is 0 Å². The molecular formula is C17H23N. The maximum Gasteiger partial charge on any atom is 0.0825 e. The molecule has 1 heteroatoms. The smallest absolute Gasteiger partial charge is 0.0825 e. The van der Waals surface area contributed by atoms with Crippen LogP contribution in [-0.4, -0.2) is 0 Å². The zero-order valence-electron chi connectivity index (χ0n) is 11.4. The summed E-state index contributed by atoms with van der Waals surface area (Å²) in [7, 11) is 0. The Balaban J connectivity index is 2.15. The fourth-order valence-electron chi connectivity index (χ4n) is 3.21. The first kappa shape index (κ1) is 13.1. The van der Waals surface area contributed by atoms with Crippen LogP contribution < -0.4 is 0 Å². The van der Waals surface area contributed by atoms with Gasteiger partial charge in [0.15, 0.2) is 0 Å². The lowest BCUT2D eigenvalue weighted by Crippen LogP contribution is -2.29. The summed E-state index contributed by atoms with van der Waals surface area (Å²) >= 11 is 0. The van der Waals surface area contributed by atoms with Crippen molar-refractivity contribution >= 4 is 0 Å². The average molecular weight is 241 g/mol. The molecule has 1 unspecified atom stereocenters. The quantitative estimate of drug-likeness (QED) is 0.682. The van der Waals surface area contributed by atoms with Crippen LogP contribution >= 0.6 is 0 Å². The van der Waals surface area contributed by atoms with Gasteiger partial charge in [-0.25, -0.2) is 0 Å². The highest BCUT2D eigenvalue weighted by atomic mass is 14.4. The van der Waals surface area contributed by atoms with Gasteiger partial charge in [-0.1, -0.05) is 56.9 Å². The molecule has 0 saturated carbocycles. The molecule has 0 aromatic heterocycles. The van der Waals surface area contributed by atoms with Gasteiger partial charge in [-0.3, -0.25) is 0 Å². The highest BCUT2D eigenvalue weighted by molar-refractivity contribution is 5.41. The Bertz CT molecular complexity index is 429. The number of hydrogen-bond donors (Lipinski definition) is 0. The summed E-state index contributed by atoms with van der Waals surface area (Å²) in [6.07, 6.45) is 9.41. The van der Waals surface area contributed by atoms with Gasteiger partial charge < -0.3 is 0 Å². The molecule has 0 radical (unpaired) electrons. The normalized spacial score (nSPS) is 22.2. The molecule has 0 bridgehead atoms. The largest absolute Gasteiger partial charge is 0.197 e. The van der Waals surface area contributed by atoms with E-state index in [1.54, 1.807) is 0 Å². The Labute approximate surface area is 111 Å². The van der Waals surface area contributed by atoms with E-state index < -0.39 is 0 Å². The van der Waals surface area contributed by atoms with Crippen LogP contribution in [0.5, 0.6) is 0 Å². The van der Waals surface area contributed by atoms with Gasteiger partial charge in [0.25, 0.3) is 0 Å². The predicted molar refractivity (Wildman–Crippen MR) is 75.4 cm³/mol. The van der Waals surface area contributed by atoms with E-state index in [2.05, 4.69) is 37.3 Å². The average Bonchev–Trinajstić information content (AvgIpc) is 2.44. The summed E-state index contributed by atoms with van der Waals surface area (Å²) in [6, 6.07) is 11.2. The third kappa shape index (κ3) is 2.58. The molecular weight excluding hydrogens is 218 g/mol. The zero-order chi connectivity index (χ0) is 12.8. The Morgan fingerprint density at radius 1 is 1.22 bits per heavy atom. The molecule has 0 fully saturated rings. The zero-order valence-corrected chi connectivity index (χ0v) is 11.4. The first-order chi connectivity index (χ1) is 8.82. The van der Waals surface area contributed by atoms with E-state index in [-0.39, 0.29) is 5.41 Å². The SMILES string of the molecule is CCCCCCC1(C#N)CCCc2ccccc21. The van der Waals surface area contributed by atoms with Gasteiger partial charge in [-0.2, -0.15) is 5.26 Å². The Morgan fingerprint density at radius 2 is 2.06 bits per heavy atom. The second-order valence-electron chi connectivity index (χ2n) is 5.52. The molecule has 1 aliphatic carbocycles. The molecule has 1 aromatic carbocycles. The summed E-state index contributed by atoms with van der Waals surface area (Å²) in [6.45, 7) is 2.23. The first-order valence-electron chi connectivity index (χ1n) is 7.32. The van der Waals surface area contributed by atoms with E-state index >= 15 is 0 Å². The number of aryl methyl sites for hydroxylation is 1. The van der Waals surface area contributed by atoms with E-state index in [1.165, 1.54) is 43.2 Å². The molecule has 1 aromatic rings. The Kier molecular flexibility index (Phi) is 4.42. The molecule has 1 atom stereocenters. The number of benzene rings is 1. The van der Waals surface area contributed by atoms with Crippen molar-refractivity contribution in [2.45, 2.75) is 63.7 Å². The predicted octanol–water partition coefficient (Wildman–Crippen LogP) is 4.75. The van der Waals surface area contributed by atoms with E-state index in [9.17, 15) is 5.26 Å². The van der Waals surface area contributed by atoms with Gasteiger partial charge in [-0.05, 0) is 36.8 Å². The maximum atomic E-state index is 9.69. The van der Waals surface area contributed by atoms with Gasteiger partial charge in [0, 0.05) is 0 Å². The molecule has 1 aliphatic rings. The minimum absolute atomic E-state index is 0.192. The summed E-state index contributed by atoms with van der Waals surface area (Å²) in [5.41, 5.74) is 2.53. The van der Waals surface area contributed by atoms with E-state index in [0.717, 1.165) is 19.3 Å². The number of nitriles is 1. The van der Waals surface area contributed by atoms with E-state index in [1.807, 2.05) is 0 Å². The van der Waals surface area contributed by atoms with Crippen molar-refractivity contribution in [2.75, 3.05) is 0 Å². The standard InChI is InChI=1S/C17H23N/c1-2-3-4-7-12-17(14-18)13-8-10-15-9-5-6-11-16(15)17/h5-6,9,11H,2-4,7-8,10,12-13H2,1H3. The highest BCUT2D eigenvalue weighted by Gasteiger charge is 2.35. The topological polar surface area (TPSA) is 23.8 Å². The third-order valence-corrected chi connectivity index (χ3v) is 4.25. The molecule has 0 amide bonds. The molecule has 18 heavy (non-hydrogen) atoms. The highest BCUT2D eigenvalue weighted by Crippen LogP contribution is 2.40. The fourth-order valence-corrected chi connectivity index (χ4v) is 3.21. The summed E-state index contributed by atoms with van der Waals surface area (Å²) in [5, 5.41) is 9.69. The van der Waals surface area contributed by atoms with Crippen LogP contribution in [0, 0.1) is 11.3 Å². The summed E-state index contributed by atoms with van der Waals surface area (Å²) in [5.74, 6) is 0. The first-order valence-corrected chi connectivity index (χ1v) is 7.32. The van der Waals surface area contributed by atoms with Gasteiger partial charge in [0.05, 0.1) is 11.5 Å². The van der Waals surface area contributed by atoms with Crippen LogP contribution in [0.15, 0.2) is 24.3 Å². The van der Waals surface area contributed by atoms with Crippen molar-refractivity contribution in [2.24, 2.45) is 0 Å². The van der Waals surface area contributed by atoms with Crippen molar-refractivity contribution in [3.8, 4) is 6.07 Å². The van der Waals surface area contributed by atoms with Crippen molar-refractivity contribution < 1.29 is 0 Å². The number of rotatable bonds is 5. The van der Waals surface area contributed by atoms with Crippen molar-refractivity contribution in [1.29, 1.82) is 5.26 Å². The van der Waals surface area contributed by atoms with Crippen LogP contribution in [-0.2, 0) is 11.8 Å². The second kappa shape index (κ2) is 6.05. The lowest BCUT2D eigenvalue weighted by molar-refractivity contribution is 0.403. The molecule has 0 aliphatic heterocycles. The van der Waals surface area contributed by atoms with E-state index in [0.29, 0.717) is 0 Å². The summed E-state index contributed by atoms with van der Waals surface area (Å²) in [4.78, 5) is 0. The molecule has 0 saturated heterocycles. The lowest BCUT2D eigenvalue weighted by Gasteiger charge is -2.33. The number of nitrogens with zero attached hydrogens (tertiary/aromatic N) is 1. The van der Waals surface area contributed by atoms with Crippen LogP contribution in [0.2, 0.25) is 0 Å². The van der Waals surface area contributed by atoms with Crippen molar-refractivity contribution in [3.05, 3.63) is 35.4 Å². The Morgan fingerprint density at radius 3 is 2.83 bits per heavy atom. The van der Waals surface area contributed by atoms with Crippen LogP contribution in [0.4, 0.5) is 0 Å². The lowest BCUT2D eigenvalue weighted by atomic mass is 9.68. The summed E-state index contributed by atoms with van der Waals surface area (Å²) < 4.78 is 0. The monoisotopic (exact) mass is 241 g/mol. The number of hydrogen-bond acceptors (Lipinski definition) is 1. The van der Waals surface area contributed by atoms with Crippen molar-refractivity contribution in [3.63, 3.8) is 0 Å². The molecule has 0 spiro atoms. The molecule has 96 valence electrons. The maximum absolute atomic E-state index is 9.69. The molecule has 1 nitrogen and oxygen atoms in total. The van der Waals surface area contributed by atoms with Crippen LogP contribution in [0.1, 0.15) is 63.0 Å². The van der Waals surface area contributed by atoms with Gasteiger partial charge in [-0.15, -0.1) is 0 Å².